The van der Waals surface area contributed by atoms with Crippen molar-refractivity contribution in [3.63, 3.8) is 0 Å². The normalized spacial score (nSPS) is 10.3. The highest BCUT2D eigenvalue weighted by Crippen LogP contribution is 2.25. The molecule has 0 fully saturated rings. The molecule has 2 aromatic rings. The zero-order valence-electron chi connectivity index (χ0n) is 10.9. The maximum absolute atomic E-state index is 11.1. The van der Waals surface area contributed by atoms with Gasteiger partial charge < -0.3 is 15.6 Å². The molecule has 4 nitrogen and oxygen atoms in total. The van der Waals surface area contributed by atoms with Gasteiger partial charge in [-0.1, -0.05) is 28.1 Å². The first-order chi connectivity index (χ1) is 9.47. The van der Waals surface area contributed by atoms with Crippen LogP contribution in [0.5, 0.6) is 5.75 Å². The van der Waals surface area contributed by atoms with Crippen LogP contribution in [-0.2, 0) is 6.61 Å². The second-order valence-electron chi connectivity index (χ2n) is 4.43. The van der Waals surface area contributed by atoms with Crippen LogP contribution in [0.15, 0.2) is 40.9 Å². The van der Waals surface area contributed by atoms with Crippen molar-refractivity contribution in [3.8, 4) is 5.75 Å². The van der Waals surface area contributed by atoms with Crippen LogP contribution in [0.25, 0.3) is 0 Å². The van der Waals surface area contributed by atoms with Crippen LogP contribution in [0, 0.1) is 6.92 Å². The van der Waals surface area contributed by atoms with Crippen molar-refractivity contribution in [1.29, 1.82) is 0 Å². The lowest BCUT2D eigenvalue weighted by molar-refractivity contribution is 0.0697. The number of nitrogen functional groups attached to an aromatic ring is 1. The maximum atomic E-state index is 11.1. The Morgan fingerprint density at radius 2 is 2.10 bits per heavy atom. The van der Waals surface area contributed by atoms with E-state index in [-0.39, 0.29) is 11.3 Å². The number of aryl methyl sites for hydroxylation is 1. The lowest BCUT2D eigenvalue weighted by Crippen LogP contribution is -2.05. The van der Waals surface area contributed by atoms with Crippen LogP contribution < -0.4 is 10.5 Å². The summed E-state index contributed by atoms with van der Waals surface area (Å²) < 4.78 is 6.60. The Morgan fingerprint density at radius 1 is 1.35 bits per heavy atom. The number of carbonyl (C=O) groups is 1. The maximum Gasteiger partial charge on any atom is 0.337 e. The molecular weight excluding hydrogens is 322 g/mol. The molecule has 2 aromatic carbocycles. The van der Waals surface area contributed by atoms with Crippen molar-refractivity contribution in [2.24, 2.45) is 0 Å². The van der Waals surface area contributed by atoms with Gasteiger partial charge in [0.1, 0.15) is 12.4 Å². The van der Waals surface area contributed by atoms with Crippen LogP contribution in [0.3, 0.4) is 0 Å². The number of carboxylic acids is 1. The quantitative estimate of drug-likeness (QED) is 0.837. The fraction of sp³-hybridized carbons (Fsp3) is 0.133. The van der Waals surface area contributed by atoms with Gasteiger partial charge in [0.05, 0.1) is 5.56 Å². The second kappa shape index (κ2) is 5.96. The van der Waals surface area contributed by atoms with Gasteiger partial charge in [-0.3, -0.25) is 0 Å². The molecule has 0 aromatic heterocycles. The predicted molar refractivity (Wildman–Crippen MR) is 81.0 cm³/mol. The van der Waals surface area contributed by atoms with Crippen molar-refractivity contribution in [1.82, 2.24) is 0 Å². The highest BCUT2D eigenvalue weighted by atomic mass is 79.9. The molecule has 3 N–H and O–H groups in total. The van der Waals surface area contributed by atoms with Crippen LogP contribution in [-0.4, -0.2) is 11.1 Å². The van der Waals surface area contributed by atoms with E-state index in [1.54, 1.807) is 13.0 Å². The molecule has 104 valence electrons. The number of carboxylic acid groups (broad SMARTS) is 1. The summed E-state index contributed by atoms with van der Waals surface area (Å²) in [5, 5.41) is 9.09. The van der Waals surface area contributed by atoms with Gasteiger partial charge in [0.2, 0.25) is 0 Å². The van der Waals surface area contributed by atoms with Gasteiger partial charge in [-0.05, 0) is 42.3 Å². The Balaban J connectivity index is 2.20. The molecule has 0 radical (unpaired) electrons. The molecule has 0 amide bonds. The number of nitrogens with two attached hydrogens (primary N) is 1. The first-order valence-corrected chi connectivity index (χ1v) is 6.77. The fourth-order valence-corrected chi connectivity index (χ4v) is 2.27. The Morgan fingerprint density at radius 3 is 2.75 bits per heavy atom. The van der Waals surface area contributed by atoms with Gasteiger partial charge in [0, 0.05) is 10.2 Å². The fourth-order valence-electron chi connectivity index (χ4n) is 1.82. The minimum Gasteiger partial charge on any atom is -0.489 e. The predicted octanol–water partition coefficient (Wildman–Crippen LogP) is 3.62. The van der Waals surface area contributed by atoms with E-state index in [0.29, 0.717) is 17.9 Å². The van der Waals surface area contributed by atoms with E-state index >= 15 is 0 Å². The molecule has 0 saturated carbocycles. The molecule has 0 atom stereocenters. The second-order valence-corrected chi connectivity index (χ2v) is 5.34. The minimum absolute atomic E-state index is 0.0641. The van der Waals surface area contributed by atoms with Crippen molar-refractivity contribution >= 4 is 27.6 Å². The van der Waals surface area contributed by atoms with Gasteiger partial charge in [-0.2, -0.15) is 0 Å². The van der Waals surface area contributed by atoms with E-state index in [2.05, 4.69) is 15.9 Å². The van der Waals surface area contributed by atoms with Crippen molar-refractivity contribution in [2.45, 2.75) is 13.5 Å². The van der Waals surface area contributed by atoms with Gasteiger partial charge in [0.15, 0.2) is 0 Å². The molecule has 0 aliphatic carbocycles. The zero-order valence-corrected chi connectivity index (χ0v) is 12.5. The number of aromatic carboxylic acids is 1. The Kier molecular flexibility index (Phi) is 4.29. The number of rotatable bonds is 4. The summed E-state index contributed by atoms with van der Waals surface area (Å²) in [6, 6.07) is 10.9. The van der Waals surface area contributed by atoms with E-state index in [9.17, 15) is 4.79 Å². The summed E-state index contributed by atoms with van der Waals surface area (Å²) >= 11 is 3.39. The Labute approximate surface area is 125 Å². The molecule has 0 aliphatic heterocycles. The molecule has 5 heteroatoms. The first kappa shape index (κ1) is 14.4. The Bertz CT molecular complexity index is 656. The Hall–Kier alpha value is -2.01. The highest BCUT2D eigenvalue weighted by Gasteiger charge is 2.12. The van der Waals surface area contributed by atoms with E-state index in [1.165, 1.54) is 6.07 Å². The van der Waals surface area contributed by atoms with Crippen molar-refractivity contribution in [3.05, 3.63) is 57.6 Å². The molecule has 0 unspecified atom stereocenters. The highest BCUT2D eigenvalue weighted by molar-refractivity contribution is 9.10. The number of hydrogen-bond acceptors (Lipinski definition) is 3. The van der Waals surface area contributed by atoms with E-state index in [4.69, 9.17) is 15.6 Å². The monoisotopic (exact) mass is 335 g/mol. The third-order valence-electron chi connectivity index (χ3n) is 2.89. The molecule has 20 heavy (non-hydrogen) atoms. The topological polar surface area (TPSA) is 72.5 Å². The number of halogens is 1. The van der Waals surface area contributed by atoms with Crippen LogP contribution in [0.2, 0.25) is 0 Å². The molecule has 0 spiro atoms. The molecule has 2 rings (SSSR count). The van der Waals surface area contributed by atoms with Crippen LogP contribution in [0.1, 0.15) is 21.5 Å². The minimum atomic E-state index is -1.06. The smallest absolute Gasteiger partial charge is 0.337 e. The number of hydrogen-bond donors (Lipinski definition) is 2. The molecule has 0 aliphatic rings. The largest absolute Gasteiger partial charge is 0.489 e. The average molecular weight is 336 g/mol. The van der Waals surface area contributed by atoms with Crippen molar-refractivity contribution in [2.75, 3.05) is 5.73 Å². The van der Waals surface area contributed by atoms with Gasteiger partial charge >= 0.3 is 5.97 Å². The van der Waals surface area contributed by atoms with E-state index in [1.807, 2.05) is 24.3 Å². The summed E-state index contributed by atoms with van der Waals surface area (Å²) in [5.41, 5.74) is 7.75. The molecule has 0 bridgehead atoms. The molecule has 0 saturated heterocycles. The molecule has 0 heterocycles. The standard InChI is InChI=1S/C15H14BrNO3/c1-9-5-12(7-13(14(9)17)15(18)19)20-8-10-3-2-4-11(16)6-10/h2-7H,8,17H2,1H3,(H,18,19). The summed E-state index contributed by atoms with van der Waals surface area (Å²) in [6.07, 6.45) is 0. The first-order valence-electron chi connectivity index (χ1n) is 5.98. The summed E-state index contributed by atoms with van der Waals surface area (Å²) in [4.78, 5) is 11.1. The van der Waals surface area contributed by atoms with Crippen molar-refractivity contribution < 1.29 is 14.6 Å². The number of anilines is 1. The third-order valence-corrected chi connectivity index (χ3v) is 3.38. The van der Waals surface area contributed by atoms with Crippen LogP contribution in [0.4, 0.5) is 5.69 Å². The van der Waals surface area contributed by atoms with Gasteiger partial charge in [0.25, 0.3) is 0 Å². The summed E-state index contributed by atoms with van der Waals surface area (Å²) in [5.74, 6) is -0.562. The van der Waals surface area contributed by atoms with Gasteiger partial charge in [-0.15, -0.1) is 0 Å². The summed E-state index contributed by atoms with van der Waals surface area (Å²) in [6.45, 7) is 2.12. The van der Waals surface area contributed by atoms with E-state index in [0.717, 1.165) is 10.0 Å². The summed E-state index contributed by atoms with van der Waals surface area (Å²) in [7, 11) is 0. The number of benzene rings is 2. The third kappa shape index (κ3) is 3.30. The zero-order chi connectivity index (χ0) is 14.7. The molecular formula is C15H14BrNO3. The lowest BCUT2D eigenvalue weighted by atomic mass is 10.1. The average Bonchev–Trinajstić information content (AvgIpc) is 2.39. The lowest BCUT2D eigenvalue weighted by Gasteiger charge is -2.11. The van der Waals surface area contributed by atoms with Gasteiger partial charge in [-0.25, -0.2) is 4.79 Å². The SMILES string of the molecule is Cc1cc(OCc2cccc(Br)c2)cc(C(=O)O)c1N. The van der Waals surface area contributed by atoms with E-state index < -0.39 is 5.97 Å². The van der Waals surface area contributed by atoms with Crippen LogP contribution >= 0.6 is 15.9 Å². The number of ether oxygens (including phenoxy) is 1.